The summed E-state index contributed by atoms with van der Waals surface area (Å²) in [5.41, 5.74) is -1.38. The maximum atomic E-state index is 13.1. The standard InChI is InChI=1S/C18H14F7NO3S.C12H13NO2.C2H5NO.2C2H2/c19-13-4-6-14(7-5-13)30(28,29)26-9-1-2-11-10-12(3-8-15(11)26)16(27,17(20,21)22)18(23,24)25;1-12(2)6-10(14)9-5-8(7-13)3-4-11(9)15-12;1-2(3)4;2*1-2/h3-8,10,27H,1-2,9H2;3-5,10,14H,6H2,1-2H3;1H3,(H2,3,4);2*1-2H/t;10-;;;/m.0.../s1. The van der Waals surface area contributed by atoms with Crippen LogP contribution in [0.1, 0.15) is 62.0 Å². The second kappa shape index (κ2) is 18.0. The highest BCUT2D eigenvalue weighted by Crippen LogP contribution is 2.51. The van der Waals surface area contributed by atoms with Gasteiger partial charge in [0.2, 0.25) is 5.91 Å². The fourth-order valence-electron chi connectivity index (χ4n) is 5.15. The summed E-state index contributed by atoms with van der Waals surface area (Å²) in [5, 5.41) is 28.3. The van der Waals surface area contributed by atoms with Crippen LogP contribution in [-0.4, -0.2) is 49.0 Å². The zero-order valence-electron chi connectivity index (χ0n) is 28.5. The van der Waals surface area contributed by atoms with Crippen molar-refractivity contribution in [3.8, 4) is 37.5 Å². The molecule has 0 bridgehead atoms. The number of hydrogen-bond acceptors (Lipinski definition) is 7. The summed E-state index contributed by atoms with van der Waals surface area (Å²) >= 11 is 0. The molecule has 0 fully saturated rings. The van der Waals surface area contributed by atoms with Crippen LogP contribution in [0.25, 0.3) is 0 Å². The molecule has 17 heteroatoms. The number of hydrogen-bond donors (Lipinski definition) is 3. The van der Waals surface area contributed by atoms with Crippen LogP contribution < -0.4 is 14.8 Å². The predicted octanol–water partition coefficient (Wildman–Crippen LogP) is 6.42. The Balaban J connectivity index is 0.000000507. The summed E-state index contributed by atoms with van der Waals surface area (Å²) in [6.45, 7) is 5.11. The molecule has 0 unspecified atom stereocenters. The van der Waals surface area contributed by atoms with Crippen LogP contribution >= 0.6 is 0 Å². The number of terminal acetylenes is 2. The van der Waals surface area contributed by atoms with Crippen molar-refractivity contribution < 1.29 is 58.9 Å². The first kappa shape index (κ1) is 45.7. The third-order valence-corrected chi connectivity index (χ3v) is 9.19. The number of nitrogens with zero attached hydrogens (tertiary/aromatic N) is 2. The van der Waals surface area contributed by atoms with Crippen molar-refractivity contribution in [1.29, 1.82) is 5.26 Å². The topological polar surface area (TPSA) is 154 Å². The number of carbonyl (C=O) groups excluding carboxylic acids is 1. The zero-order valence-corrected chi connectivity index (χ0v) is 29.4. The molecular formula is C36H36F7N3O6S. The van der Waals surface area contributed by atoms with E-state index in [0.717, 1.165) is 34.6 Å². The average molecular weight is 772 g/mol. The first-order valence-electron chi connectivity index (χ1n) is 15.1. The molecule has 53 heavy (non-hydrogen) atoms. The minimum atomic E-state index is -6.05. The van der Waals surface area contributed by atoms with E-state index in [1.54, 1.807) is 18.2 Å². The maximum Gasteiger partial charge on any atom is 0.430 e. The van der Waals surface area contributed by atoms with Gasteiger partial charge < -0.3 is 20.7 Å². The van der Waals surface area contributed by atoms with Crippen LogP contribution in [0.15, 0.2) is 65.6 Å². The highest BCUT2D eigenvalue weighted by molar-refractivity contribution is 7.92. The van der Waals surface area contributed by atoms with Crippen LogP contribution in [0, 0.1) is 42.8 Å². The van der Waals surface area contributed by atoms with Gasteiger partial charge in [-0.3, -0.25) is 9.10 Å². The molecule has 0 spiro atoms. The molecule has 5 rings (SSSR count). The van der Waals surface area contributed by atoms with E-state index in [1.165, 1.54) is 6.92 Å². The van der Waals surface area contributed by atoms with Gasteiger partial charge in [0.1, 0.15) is 17.2 Å². The Kier molecular flexibility index (Phi) is 15.5. The number of rotatable bonds is 3. The van der Waals surface area contributed by atoms with E-state index in [-0.39, 0.29) is 47.0 Å². The van der Waals surface area contributed by atoms with E-state index < -0.39 is 45.5 Å². The van der Waals surface area contributed by atoms with Crippen molar-refractivity contribution in [1.82, 2.24) is 0 Å². The Morgan fingerprint density at radius 3 is 2.00 bits per heavy atom. The number of fused-ring (bicyclic) bond motifs is 2. The monoisotopic (exact) mass is 771 g/mol. The molecule has 2 heterocycles. The average Bonchev–Trinajstić information content (AvgIpc) is 3.08. The molecule has 4 N–H and O–H groups in total. The maximum absolute atomic E-state index is 13.1. The molecule has 3 aromatic rings. The fourth-order valence-corrected chi connectivity index (χ4v) is 6.69. The lowest BCUT2D eigenvalue weighted by atomic mass is 9.89. The van der Waals surface area contributed by atoms with Crippen LogP contribution in [-0.2, 0) is 26.8 Å². The highest BCUT2D eigenvalue weighted by Gasteiger charge is 2.71. The summed E-state index contributed by atoms with van der Waals surface area (Å²) in [4.78, 5) is 8.93. The lowest BCUT2D eigenvalue weighted by molar-refractivity contribution is -0.376. The summed E-state index contributed by atoms with van der Waals surface area (Å²) in [7, 11) is -4.24. The number of ether oxygens (including phenoxy) is 1. The molecular weight excluding hydrogens is 735 g/mol. The zero-order chi connectivity index (χ0) is 41.2. The number of alkyl halides is 6. The van der Waals surface area contributed by atoms with Crippen molar-refractivity contribution in [3.05, 3.63) is 88.7 Å². The van der Waals surface area contributed by atoms with Gasteiger partial charge in [0, 0.05) is 31.0 Å². The van der Waals surface area contributed by atoms with Gasteiger partial charge in [-0.1, -0.05) is 12.1 Å². The number of benzene rings is 3. The van der Waals surface area contributed by atoms with Crippen LogP contribution in [0.5, 0.6) is 5.75 Å². The normalized spacial score (nSPS) is 15.8. The number of aliphatic hydroxyl groups excluding tert-OH is 1. The molecule has 9 nitrogen and oxygen atoms in total. The van der Waals surface area contributed by atoms with Gasteiger partial charge in [0.05, 0.1) is 28.3 Å². The lowest BCUT2D eigenvalue weighted by Crippen LogP contribution is -2.54. The number of halogens is 7. The number of sulfonamides is 1. The van der Waals surface area contributed by atoms with Gasteiger partial charge >= 0.3 is 12.4 Å². The minimum absolute atomic E-state index is 0.00437. The van der Waals surface area contributed by atoms with E-state index in [4.69, 9.17) is 10.00 Å². The van der Waals surface area contributed by atoms with Crippen molar-refractivity contribution in [2.75, 3.05) is 10.8 Å². The number of aryl methyl sites for hydroxylation is 1. The number of amides is 1. The number of primary amides is 1. The number of anilines is 1. The molecule has 286 valence electrons. The Bertz CT molecular complexity index is 1890. The molecule has 0 saturated heterocycles. The smallest absolute Gasteiger partial charge is 0.430 e. The molecule has 2 aliphatic rings. The molecule has 0 aliphatic carbocycles. The van der Waals surface area contributed by atoms with Gasteiger partial charge in [0.15, 0.2) is 0 Å². The van der Waals surface area contributed by atoms with Crippen molar-refractivity contribution in [2.45, 2.75) is 74.6 Å². The van der Waals surface area contributed by atoms with E-state index in [0.29, 0.717) is 35.4 Å². The lowest BCUT2D eigenvalue weighted by Gasteiger charge is -2.35. The van der Waals surface area contributed by atoms with E-state index in [2.05, 4.69) is 37.5 Å². The number of nitriles is 1. The fraction of sp³-hybridized carbons (Fsp3) is 0.333. The molecule has 1 amide bonds. The Labute approximate surface area is 302 Å². The van der Waals surface area contributed by atoms with Crippen molar-refractivity contribution >= 4 is 21.6 Å². The predicted molar refractivity (Wildman–Crippen MR) is 182 cm³/mol. The second-order valence-corrected chi connectivity index (χ2v) is 13.6. The SMILES string of the molecule is C#C.C#C.CC(N)=O.CC1(C)C[C@H](O)c2cc(C#N)ccc2O1.O=S(=O)(c1ccc(F)cc1)N1CCCc2cc(C(O)(C(F)(F)F)C(F)(F)F)ccc21. The third-order valence-electron chi connectivity index (χ3n) is 7.36. The Hall–Kier alpha value is -5.28. The molecule has 2 aliphatic heterocycles. The van der Waals surface area contributed by atoms with E-state index in [1.807, 2.05) is 13.8 Å². The molecule has 3 aromatic carbocycles. The number of aliphatic hydroxyl groups is 2. The minimum Gasteiger partial charge on any atom is -0.487 e. The summed E-state index contributed by atoms with van der Waals surface area (Å²) < 4.78 is 124. The van der Waals surface area contributed by atoms with E-state index >= 15 is 0 Å². The molecule has 0 radical (unpaired) electrons. The van der Waals surface area contributed by atoms with Crippen LogP contribution in [0.2, 0.25) is 0 Å². The first-order valence-corrected chi connectivity index (χ1v) is 16.5. The van der Waals surface area contributed by atoms with E-state index in [9.17, 15) is 54.2 Å². The van der Waals surface area contributed by atoms with Gasteiger partial charge in [0.25, 0.3) is 15.6 Å². The summed E-state index contributed by atoms with van der Waals surface area (Å²) in [5.74, 6) is -0.339. The summed E-state index contributed by atoms with van der Waals surface area (Å²) in [6.07, 6.45) is 4.03. The first-order chi connectivity index (χ1) is 24.4. The van der Waals surface area contributed by atoms with Gasteiger partial charge in [-0.25, -0.2) is 12.8 Å². The number of nitrogens with two attached hydrogens (primary N) is 1. The van der Waals surface area contributed by atoms with Crippen molar-refractivity contribution in [2.24, 2.45) is 5.73 Å². The van der Waals surface area contributed by atoms with Crippen LogP contribution in [0.4, 0.5) is 36.4 Å². The third kappa shape index (κ3) is 10.9. The molecule has 1 atom stereocenters. The second-order valence-electron chi connectivity index (χ2n) is 11.7. The van der Waals surface area contributed by atoms with Gasteiger partial charge in [-0.2, -0.15) is 31.6 Å². The van der Waals surface area contributed by atoms with Gasteiger partial charge in [-0.15, -0.1) is 25.7 Å². The highest BCUT2D eigenvalue weighted by atomic mass is 32.2. The molecule has 0 aromatic heterocycles. The Morgan fingerprint density at radius 1 is 0.981 bits per heavy atom. The number of carbonyl (C=O) groups is 1. The summed E-state index contributed by atoms with van der Waals surface area (Å²) in [6, 6.07) is 12.7. The molecule has 0 saturated carbocycles. The largest absolute Gasteiger partial charge is 0.487 e. The van der Waals surface area contributed by atoms with Crippen LogP contribution in [0.3, 0.4) is 0 Å². The Morgan fingerprint density at radius 2 is 1.51 bits per heavy atom. The quantitative estimate of drug-likeness (QED) is 0.205. The van der Waals surface area contributed by atoms with Crippen molar-refractivity contribution in [3.63, 3.8) is 0 Å². The van der Waals surface area contributed by atoms with Gasteiger partial charge in [-0.05, 0) is 80.8 Å².